The van der Waals surface area contributed by atoms with Gasteiger partial charge in [-0.2, -0.15) is 0 Å². The fourth-order valence-electron chi connectivity index (χ4n) is 2.10. The number of pyridine rings is 1. The number of carbonyl (C=O) groups excluding carboxylic acids is 2. The van der Waals surface area contributed by atoms with Gasteiger partial charge in [0.05, 0.1) is 12.3 Å². The van der Waals surface area contributed by atoms with Crippen molar-refractivity contribution < 1.29 is 14.0 Å². The average Bonchev–Trinajstić information content (AvgIpc) is 3.08. The van der Waals surface area contributed by atoms with Gasteiger partial charge in [0.15, 0.2) is 5.76 Å². The molecule has 0 aliphatic carbocycles. The second kappa shape index (κ2) is 6.89. The van der Waals surface area contributed by atoms with E-state index in [1.807, 2.05) is 19.1 Å². The number of amides is 2. The lowest BCUT2D eigenvalue weighted by Crippen LogP contribution is -2.46. The first-order valence-corrected chi connectivity index (χ1v) is 7.01. The van der Waals surface area contributed by atoms with Gasteiger partial charge in [-0.05, 0) is 43.7 Å². The van der Waals surface area contributed by atoms with E-state index in [1.165, 1.54) is 6.26 Å². The predicted octanol–water partition coefficient (Wildman–Crippen LogP) is 2.01. The Morgan fingerprint density at radius 3 is 2.50 bits per heavy atom. The molecule has 0 saturated carbocycles. The quantitative estimate of drug-likeness (QED) is 0.916. The summed E-state index contributed by atoms with van der Waals surface area (Å²) in [6.45, 7) is 3.58. The van der Waals surface area contributed by atoms with Crippen LogP contribution in [0.3, 0.4) is 0 Å². The standard InChI is InChI=1S/C16H19N3O3/c1-11(18-15(20)14-5-4-10-22-14)16(21)19(3)12(2)13-6-8-17-9-7-13/h4-12H,1-3H3,(H,18,20)/t11-,12-/m1/s1. The summed E-state index contributed by atoms with van der Waals surface area (Å²) in [5.74, 6) is -0.399. The highest BCUT2D eigenvalue weighted by Crippen LogP contribution is 2.18. The minimum absolute atomic E-state index is 0.113. The van der Waals surface area contributed by atoms with E-state index in [-0.39, 0.29) is 17.7 Å². The van der Waals surface area contributed by atoms with Crippen molar-refractivity contribution in [3.63, 3.8) is 0 Å². The van der Waals surface area contributed by atoms with Crippen LogP contribution >= 0.6 is 0 Å². The zero-order valence-corrected chi connectivity index (χ0v) is 12.8. The third kappa shape index (κ3) is 3.52. The smallest absolute Gasteiger partial charge is 0.287 e. The summed E-state index contributed by atoms with van der Waals surface area (Å²) in [5, 5.41) is 2.63. The van der Waals surface area contributed by atoms with Crippen LogP contribution in [0.2, 0.25) is 0 Å². The first-order valence-electron chi connectivity index (χ1n) is 7.01. The van der Waals surface area contributed by atoms with Gasteiger partial charge in [0.2, 0.25) is 5.91 Å². The monoisotopic (exact) mass is 301 g/mol. The van der Waals surface area contributed by atoms with Gasteiger partial charge in [0.1, 0.15) is 6.04 Å². The molecule has 0 saturated heterocycles. The zero-order chi connectivity index (χ0) is 16.1. The van der Waals surface area contributed by atoms with Gasteiger partial charge < -0.3 is 14.6 Å². The molecule has 0 bridgehead atoms. The maximum Gasteiger partial charge on any atom is 0.287 e. The number of nitrogens with one attached hydrogen (secondary N) is 1. The summed E-state index contributed by atoms with van der Waals surface area (Å²) in [6, 6.07) is 6.14. The Bertz CT molecular complexity index is 625. The second-order valence-corrected chi connectivity index (χ2v) is 5.08. The highest BCUT2D eigenvalue weighted by Gasteiger charge is 2.24. The van der Waals surface area contributed by atoms with E-state index in [2.05, 4.69) is 10.3 Å². The molecule has 2 heterocycles. The molecule has 0 aliphatic rings. The van der Waals surface area contributed by atoms with Crippen molar-refractivity contribution in [1.29, 1.82) is 0 Å². The lowest BCUT2D eigenvalue weighted by Gasteiger charge is -2.28. The molecule has 2 aromatic heterocycles. The van der Waals surface area contributed by atoms with E-state index < -0.39 is 11.9 Å². The molecule has 0 fully saturated rings. The Morgan fingerprint density at radius 2 is 1.91 bits per heavy atom. The lowest BCUT2D eigenvalue weighted by atomic mass is 10.1. The predicted molar refractivity (Wildman–Crippen MR) is 81.1 cm³/mol. The number of rotatable bonds is 5. The van der Waals surface area contributed by atoms with Crippen LogP contribution in [-0.2, 0) is 4.79 Å². The van der Waals surface area contributed by atoms with Crippen molar-refractivity contribution in [1.82, 2.24) is 15.2 Å². The minimum atomic E-state index is -0.646. The third-order valence-electron chi connectivity index (χ3n) is 3.58. The van der Waals surface area contributed by atoms with Gasteiger partial charge in [0.25, 0.3) is 5.91 Å². The molecular weight excluding hydrogens is 282 g/mol. The first kappa shape index (κ1) is 15.8. The summed E-state index contributed by atoms with van der Waals surface area (Å²) in [6.07, 6.45) is 4.79. The number of hydrogen-bond acceptors (Lipinski definition) is 4. The number of hydrogen-bond donors (Lipinski definition) is 1. The Morgan fingerprint density at radius 1 is 1.23 bits per heavy atom. The molecule has 1 N–H and O–H groups in total. The molecule has 6 heteroatoms. The topological polar surface area (TPSA) is 75.4 Å². The third-order valence-corrected chi connectivity index (χ3v) is 3.58. The van der Waals surface area contributed by atoms with E-state index in [0.29, 0.717) is 0 Å². The molecule has 2 amide bonds. The van der Waals surface area contributed by atoms with Crippen LogP contribution in [-0.4, -0.2) is 34.8 Å². The van der Waals surface area contributed by atoms with E-state index in [1.54, 1.807) is 43.4 Å². The Kier molecular flexibility index (Phi) is 4.93. The Balaban J connectivity index is 1.99. The van der Waals surface area contributed by atoms with Crippen LogP contribution in [0.5, 0.6) is 0 Å². The summed E-state index contributed by atoms with van der Waals surface area (Å²) in [4.78, 5) is 29.9. The van der Waals surface area contributed by atoms with Gasteiger partial charge in [0, 0.05) is 19.4 Å². The number of aromatic nitrogens is 1. The molecular formula is C16H19N3O3. The van der Waals surface area contributed by atoms with Crippen LogP contribution in [0.25, 0.3) is 0 Å². The first-order chi connectivity index (χ1) is 10.5. The van der Waals surface area contributed by atoms with E-state index in [0.717, 1.165) is 5.56 Å². The summed E-state index contributed by atoms with van der Waals surface area (Å²) < 4.78 is 5.01. The Hall–Kier alpha value is -2.63. The van der Waals surface area contributed by atoms with E-state index in [9.17, 15) is 9.59 Å². The van der Waals surface area contributed by atoms with Crippen molar-refractivity contribution in [2.45, 2.75) is 25.9 Å². The van der Waals surface area contributed by atoms with Crippen LogP contribution in [0, 0.1) is 0 Å². The molecule has 0 aliphatic heterocycles. The number of carbonyl (C=O) groups is 2. The SMILES string of the molecule is C[C@H](c1ccncc1)N(C)C(=O)[C@@H](C)NC(=O)c1ccco1. The van der Waals surface area contributed by atoms with E-state index in [4.69, 9.17) is 4.42 Å². The summed E-state index contributed by atoms with van der Waals surface area (Å²) in [7, 11) is 1.71. The van der Waals surface area contributed by atoms with Crippen molar-refractivity contribution in [3.05, 3.63) is 54.2 Å². The van der Waals surface area contributed by atoms with Crippen LogP contribution in [0.1, 0.15) is 36.0 Å². The van der Waals surface area contributed by atoms with Gasteiger partial charge in [-0.25, -0.2) is 0 Å². The molecule has 0 aromatic carbocycles. The van der Waals surface area contributed by atoms with Gasteiger partial charge in [-0.3, -0.25) is 14.6 Å². The molecule has 6 nitrogen and oxygen atoms in total. The second-order valence-electron chi connectivity index (χ2n) is 5.08. The fraction of sp³-hybridized carbons (Fsp3) is 0.312. The number of likely N-dealkylation sites (N-methyl/N-ethyl adjacent to an activating group) is 1. The van der Waals surface area contributed by atoms with E-state index >= 15 is 0 Å². The van der Waals surface area contributed by atoms with Gasteiger partial charge >= 0.3 is 0 Å². The van der Waals surface area contributed by atoms with Crippen molar-refractivity contribution in [2.75, 3.05) is 7.05 Å². The van der Waals surface area contributed by atoms with Gasteiger partial charge in [-0.1, -0.05) is 0 Å². The van der Waals surface area contributed by atoms with Crippen LogP contribution < -0.4 is 5.32 Å². The lowest BCUT2D eigenvalue weighted by molar-refractivity contribution is -0.133. The molecule has 2 rings (SSSR count). The molecule has 116 valence electrons. The zero-order valence-electron chi connectivity index (χ0n) is 12.8. The number of nitrogens with zero attached hydrogens (tertiary/aromatic N) is 2. The van der Waals surface area contributed by atoms with Crippen LogP contribution in [0.4, 0.5) is 0 Å². The Labute approximate surface area is 129 Å². The molecule has 0 radical (unpaired) electrons. The van der Waals surface area contributed by atoms with Crippen LogP contribution in [0.15, 0.2) is 47.3 Å². The minimum Gasteiger partial charge on any atom is -0.459 e. The maximum absolute atomic E-state index is 12.4. The highest BCUT2D eigenvalue weighted by atomic mass is 16.3. The van der Waals surface area contributed by atoms with Crippen molar-refractivity contribution >= 4 is 11.8 Å². The molecule has 2 aromatic rings. The number of furan rings is 1. The van der Waals surface area contributed by atoms with Crippen molar-refractivity contribution in [3.8, 4) is 0 Å². The molecule has 0 spiro atoms. The molecule has 2 atom stereocenters. The largest absolute Gasteiger partial charge is 0.459 e. The normalized spacial score (nSPS) is 13.2. The van der Waals surface area contributed by atoms with Gasteiger partial charge in [-0.15, -0.1) is 0 Å². The fourth-order valence-corrected chi connectivity index (χ4v) is 2.10. The average molecular weight is 301 g/mol. The molecule has 22 heavy (non-hydrogen) atoms. The summed E-state index contributed by atoms with van der Waals surface area (Å²) >= 11 is 0. The summed E-state index contributed by atoms with van der Waals surface area (Å²) in [5.41, 5.74) is 0.982. The molecule has 0 unspecified atom stereocenters. The van der Waals surface area contributed by atoms with Crippen molar-refractivity contribution in [2.24, 2.45) is 0 Å². The maximum atomic E-state index is 12.4. The highest BCUT2D eigenvalue weighted by molar-refractivity contribution is 5.95.